The fraction of sp³-hybridized carbons (Fsp3) is 0.320. The molecule has 0 aliphatic carbocycles. The van der Waals surface area contributed by atoms with Crippen molar-refractivity contribution < 1.29 is 18.7 Å². The van der Waals surface area contributed by atoms with Crippen LogP contribution < -0.4 is 15.1 Å². The Morgan fingerprint density at radius 2 is 2.00 bits per heavy atom. The summed E-state index contributed by atoms with van der Waals surface area (Å²) < 4.78 is 22.3. The van der Waals surface area contributed by atoms with Crippen LogP contribution in [0.15, 0.2) is 60.8 Å². The van der Waals surface area contributed by atoms with Crippen LogP contribution in [0.4, 0.5) is 20.6 Å². The quantitative estimate of drug-likeness (QED) is 0.604. The Kier molecular flexibility index (Phi) is 5.91. The Morgan fingerprint density at radius 3 is 2.76 bits per heavy atom. The highest BCUT2D eigenvalue weighted by Crippen LogP contribution is 2.32. The molecule has 2 atom stereocenters. The number of rotatable bonds is 6. The lowest BCUT2D eigenvalue weighted by Gasteiger charge is -2.21. The molecule has 2 aromatic carbocycles. The van der Waals surface area contributed by atoms with Crippen LogP contribution in [0.2, 0.25) is 0 Å². The van der Waals surface area contributed by atoms with E-state index >= 15 is 4.39 Å². The number of halogens is 1. The number of anilines is 2. The van der Waals surface area contributed by atoms with Gasteiger partial charge in [-0.25, -0.2) is 9.18 Å². The molecule has 8 nitrogen and oxygen atoms in total. The molecule has 3 heterocycles. The third-order valence-electron chi connectivity index (χ3n) is 6.25. The lowest BCUT2D eigenvalue weighted by molar-refractivity contribution is -0.119. The number of aromatic nitrogens is 2. The summed E-state index contributed by atoms with van der Waals surface area (Å²) >= 11 is 0. The second-order valence-corrected chi connectivity index (χ2v) is 8.62. The molecule has 3 aromatic rings. The average Bonchev–Trinajstić information content (AvgIpc) is 3.58. The van der Waals surface area contributed by atoms with Crippen LogP contribution in [0.3, 0.4) is 0 Å². The summed E-state index contributed by atoms with van der Waals surface area (Å²) in [4.78, 5) is 26.7. The predicted molar refractivity (Wildman–Crippen MR) is 126 cm³/mol. The summed E-state index contributed by atoms with van der Waals surface area (Å²) in [7, 11) is 0. The van der Waals surface area contributed by atoms with Gasteiger partial charge in [0.15, 0.2) is 0 Å². The number of benzene rings is 2. The zero-order valence-electron chi connectivity index (χ0n) is 18.9. The molecule has 0 radical (unpaired) electrons. The van der Waals surface area contributed by atoms with Gasteiger partial charge in [-0.1, -0.05) is 30.3 Å². The molecule has 1 N–H and O–H groups in total. The third-order valence-corrected chi connectivity index (χ3v) is 6.25. The van der Waals surface area contributed by atoms with Crippen molar-refractivity contribution in [2.24, 2.45) is 0 Å². The Labute approximate surface area is 196 Å². The second kappa shape index (κ2) is 9.17. The number of nitrogens with one attached hydrogen (secondary N) is 1. The maximum absolute atomic E-state index is 15.1. The lowest BCUT2D eigenvalue weighted by Crippen LogP contribution is -2.33. The average molecular weight is 464 g/mol. The molecule has 2 aliphatic rings. The van der Waals surface area contributed by atoms with Crippen molar-refractivity contribution in [3.8, 4) is 11.3 Å². The molecular formula is C25H26FN5O3. The van der Waals surface area contributed by atoms with E-state index in [0.717, 1.165) is 17.7 Å². The number of carbonyl (C=O) groups excluding carboxylic acids is 2. The summed E-state index contributed by atoms with van der Waals surface area (Å²) in [6.45, 7) is 3.25. The van der Waals surface area contributed by atoms with Crippen LogP contribution in [-0.2, 0) is 9.53 Å². The van der Waals surface area contributed by atoms with Crippen molar-refractivity contribution in [2.75, 3.05) is 36.0 Å². The summed E-state index contributed by atoms with van der Waals surface area (Å²) in [6.07, 6.45) is 1.83. The zero-order valence-corrected chi connectivity index (χ0v) is 18.9. The number of ether oxygens (including phenoxy) is 1. The first-order valence-corrected chi connectivity index (χ1v) is 11.4. The Hall–Kier alpha value is -3.88. The minimum absolute atomic E-state index is 0.152. The summed E-state index contributed by atoms with van der Waals surface area (Å²) in [6, 6.07) is 17.0. The van der Waals surface area contributed by atoms with Gasteiger partial charge >= 0.3 is 6.09 Å². The Bertz CT molecular complexity index is 1200. The highest BCUT2D eigenvalue weighted by molar-refractivity contribution is 5.90. The number of hydrogen-bond acceptors (Lipinski definition) is 5. The molecule has 9 heteroatoms. The van der Waals surface area contributed by atoms with Crippen LogP contribution in [0.5, 0.6) is 0 Å². The molecular weight excluding hydrogens is 437 g/mol. The van der Waals surface area contributed by atoms with Crippen LogP contribution in [0.1, 0.15) is 19.4 Å². The smallest absolute Gasteiger partial charge is 0.414 e. The van der Waals surface area contributed by atoms with Gasteiger partial charge in [0, 0.05) is 31.8 Å². The first-order valence-electron chi connectivity index (χ1n) is 11.4. The minimum atomic E-state index is -0.545. The number of carbonyl (C=O) groups is 2. The monoisotopic (exact) mass is 463 g/mol. The standard InChI is InChI=1S/C25H26FN5O3/c1-17(32)27-14-21-16-30(25(33)34-21)19-7-8-24(22(26)13-19)29-11-9-20(15-29)31-12-10-23(28-31)18-5-3-2-4-6-18/h2-8,10,12-13,20-21H,9,11,14-16H2,1H3,(H,27,32)/t20?,21-/m0/s1. The number of amides is 2. The van der Waals surface area contributed by atoms with E-state index in [9.17, 15) is 9.59 Å². The fourth-order valence-electron chi connectivity index (χ4n) is 4.50. The summed E-state index contributed by atoms with van der Waals surface area (Å²) in [5, 5.41) is 7.37. The van der Waals surface area contributed by atoms with Crippen molar-refractivity contribution in [3.05, 3.63) is 66.6 Å². The van der Waals surface area contributed by atoms with E-state index in [4.69, 9.17) is 9.84 Å². The van der Waals surface area contributed by atoms with Crippen molar-refractivity contribution in [2.45, 2.75) is 25.5 Å². The molecule has 1 aromatic heterocycles. The largest absolute Gasteiger partial charge is 0.442 e. The maximum atomic E-state index is 15.1. The van der Waals surface area contributed by atoms with Gasteiger partial charge < -0.3 is 15.0 Å². The summed E-state index contributed by atoms with van der Waals surface area (Å²) in [5.41, 5.74) is 2.93. The third kappa shape index (κ3) is 4.46. The van der Waals surface area contributed by atoms with Gasteiger partial charge in [0.25, 0.3) is 0 Å². The zero-order chi connectivity index (χ0) is 23.7. The van der Waals surface area contributed by atoms with Crippen molar-refractivity contribution in [1.29, 1.82) is 0 Å². The van der Waals surface area contributed by atoms with Gasteiger partial charge in [-0.2, -0.15) is 5.10 Å². The topological polar surface area (TPSA) is 79.7 Å². The van der Waals surface area contributed by atoms with E-state index in [1.807, 2.05) is 52.2 Å². The fourth-order valence-corrected chi connectivity index (χ4v) is 4.50. The SMILES string of the molecule is CC(=O)NC[C@H]1CN(c2ccc(N3CCC(n4ccc(-c5ccccc5)n4)C3)c(F)c2)C(=O)O1. The van der Waals surface area contributed by atoms with E-state index < -0.39 is 12.2 Å². The van der Waals surface area contributed by atoms with E-state index in [1.165, 1.54) is 17.9 Å². The van der Waals surface area contributed by atoms with Gasteiger partial charge in [0.05, 0.1) is 36.2 Å². The Balaban J connectivity index is 1.25. The molecule has 34 heavy (non-hydrogen) atoms. The van der Waals surface area contributed by atoms with Gasteiger partial charge in [0.2, 0.25) is 5.91 Å². The van der Waals surface area contributed by atoms with Gasteiger partial charge in [-0.15, -0.1) is 0 Å². The second-order valence-electron chi connectivity index (χ2n) is 8.62. The molecule has 5 rings (SSSR count). The van der Waals surface area contributed by atoms with Crippen LogP contribution in [-0.4, -0.2) is 54.1 Å². The van der Waals surface area contributed by atoms with Gasteiger partial charge in [-0.3, -0.25) is 14.4 Å². The van der Waals surface area contributed by atoms with Crippen LogP contribution >= 0.6 is 0 Å². The van der Waals surface area contributed by atoms with Crippen molar-refractivity contribution >= 4 is 23.4 Å². The predicted octanol–water partition coefficient (Wildman–Crippen LogP) is 3.60. The molecule has 2 saturated heterocycles. The van der Waals surface area contributed by atoms with E-state index in [2.05, 4.69) is 5.32 Å². The molecule has 1 unspecified atom stereocenters. The van der Waals surface area contributed by atoms with Crippen LogP contribution in [0.25, 0.3) is 11.3 Å². The molecule has 2 aliphatic heterocycles. The number of cyclic esters (lactones) is 1. The van der Waals surface area contributed by atoms with Crippen LogP contribution in [0, 0.1) is 5.82 Å². The van der Waals surface area contributed by atoms with Crippen molar-refractivity contribution in [1.82, 2.24) is 15.1 Å². The minimum Gasteiger partial charge on any atom is -0.442 e. The molecule has 0 bridgehead atoms. The van der Waals surface area contributed by atoms with Gasteiger partial charge in [0.1, 0.15) is 11.9 Å². The first kappa shape index (κ1) is 21.9. The van der Waals surface area contributed by atoms with Gasteiger partial charge in [-0.05, 0) is 30.7 Å². The summed E-state index contributed by atoms with van der Waals surface area (Å²) in [5.74, 6) is -0.582. The van der Waals surface area contributed by atoms with E-state index in [1.54, 1.807) is 12.1 Å². The normalized spacial score (nSPS) is 20.0. The molecule has 2 amide bonds. The molecule has 2 fully saturated rings. The maximum Gasteiger partial charge on any atom is 0.414 e. The molecule has 176 valence electrons. The van der Waals surface area contributed by atoms with E-state index in [-0.39, 0.29) is 30.9 Å². The Morgan fingerprint density at radius 1 is 1.18 bits per heavy atom. The highest BCUT2D eigenvalue weighted by Gasteiger charge is 2.33. The first-order chi connectivity index (χ1) is 16.5. The number of nitrogens with zero attached hydrogens (tertiary/aromatic N) is 4. The van der Waals surface area contributed by atoms with E-state index in [0.29, 0.717) is 24.5 Å². The van der Waals surface area contributed by atoms with Crippen molar-refractivity contribution in [3.63, 3.8) is 0 Å². The molecule has 0 saturated carbocycles. The highest BCUT2D eigenvalue weighted by atomic mass is 19.1. The lowest BCUT2D eigenvalue weighted by atomic mass is 10.2. The number of hydrogen-bond donors (Lipinski definition) is 1. The molecule has 0 spiro atoms.